The molecule has 196 valence electrons. The molecule has 0 bridgehead atoms. The average Bonchev–Trinajstić information content (AvgIpc) is 3.07. The Balaban J connectivity index is 1.40. The molecule has 3 aliphatic rings. The highest BCUT2D eigenvalue weighted by atomic mass is 16.5. The van der Waals surface area contributed by atoms with Crippen LogP contribution in [0, 0.1) is 5.92 Å². The lowest BCUT2D eigenvalue weighted by atomic mass is 9.83. The molecular formula is C29H36N4O4. The zero-order valence-corrected chi connectivity index (χ0v) is 21.3. The predicted octanol–water partition coefficient (Wildman–Crippen LogP) is 3.99. The van der Waals surface area contributed by atoms with Gasteiger partial charge in [0.1, 0.15) is 6.61 Å². The van der Waals surface area contributed by atoms with E-state index in [9.17, 15) is 9.59 Å². The number of benzodiazepines with no additional fused rings is 1. The van der Waals surface area contributed by atoms with Crippen LogP contribution in [0.4, 0.5) is 10.5 Å². The van der Waals surface area contributed by atoms with Gasteiger partial charge in [-0.1, -0.05) is 67.8 Å². The first-order chi connectivity index (χ1) is 18.2. The fourth-order valence-electron chi connectivity index (χ4n) is 5.42. The van der Waals surface area contributed by atoms with Gasteiger partial charge < -0.3 is 14.4 Å². The SMILES string of the molecule is O=C(N[C@H]1N=C(C2CCCCC2)c2ccccc2N(CCN2CCOCC2)C1=O)OCc1ccccc1. The molecule has 1 aliphatic carbocycles. The number of hydrogen-bond donors (Lipinski definition) is 1. The summed E-state index contributed by atoms with van der Waals surface area (Å²) in [6.45, 7) is 4.48. The largest absolute Gasteiger partial charge is 0.445 e. The molecule has 2 aromatic rings. The Bertz CT molecular complexity index is 1090. The monoisotopic (exact) mass is 504 g/mol. The molecule has 5 rings (SSSR count). The summed E-state index contributed by atoms with van der Waals surface area (Å²) >= 11 is 0. The van der Waals surface area contributed by atoms with E-state index < -0.39 is 12.3 Å². The van der Waals surface area contributed by atoms with Gasteiger partial charge in [-0.05, 0) is 24.5 Å². The first-order valence-electron chi connectivity index (χ1n) is 13.4. The van der Waals surface area contributed by atoms with Gasteiger partial charge in [-0.3, -0.25) is 20.0 Å². The molecule has 37 heavy (non-hydrogen) atoms. The van der Waals surface area contributed by atoms with Gasteiger partial charge in [0.25, 0.3) is 5.91 Å². The number of carbonyl (C=O) groups excluding carboxylic acids is 2. The number of fused-ring (bicyclic) bond motifs is 1. The second-order valence-corrected chi connectivity index (χ2v) is 9.92. The number of anilines is 1. The van der Waals surface area contributed by atoms with E-state index in [4.69, 9.17) is 14.5 Å². The third kappa shape index (κ3) is 6.37. The van der Waals surface area contributed by atoms with E-state index in [-0.39, 0.29) is 18.4 Å². The summed E-state index contributed by atoms with van der Waals surface area (Å²) in [5.41, 5.74) is 3.67. The maximum atomic E-state index is 13.9. The molecule has 0 unspecified atom stereocenters. The van der Waals surface area contributed by atoms with E-state index in [2.05, 4.69) is 16.3 Å². The summed E-state index contributed by atoms with van der Waals surface area (Å²) in [5, 5.41) is 2.78. The number of para-hydroxylation sites is 1. The van der Waals surface area contributed by atoms with Crippen LogP contribution >= 0.6 is 0 Å². The quantitative estimate of drug-likeness (QED) is 0.617. The second kappa shape index (κ2) is 12.3. The topological polar surface area (TPSA) is 83.5 Å². The van der Waals surface area contributed by atoms with Crippen molar-refractivity contribution in [2.45, 2.75) is 44.9 Å². The smallest absolute Gasteiger partial charge is 0.409 e. The zero-order valence-electron chi connectivity index (χ0n) is 21.3. The Hall–Kier alpha value is -3.23. The van der Waals surface area contributed by atoms with Crippen LogP contribution in [0.5, 0.6) is 0 Å². The number of morpholine rings is 1. The van der Waals surface area contributed by atoms with Crippen molar-refractivity contribution in [3.8, 4) is 0 Å². The van der Waals surface area contributed by atoms with Crippen molar-refractivity contribution in [2.75, 3.05) is 44.3 Å². The first-order valence-corrected chi connectivity index (χ1v) is 13.4. The highest BCUT2D eigenvalue weighted by Crippen LogP contribution is 2.34. The van der Waals surface area contributed by atoms with Crippen LogP contribution < -0.4 is 10.2 Å². The molecule has 8 nitrogen and oxygen atoms in total. The minimum atomic E-state index is -1.03. The maximum Gasteiger partial charge on any atom is 0.409 e. The molecule has 8 heteroatoms. The minimum absolute atomic E-state index is 0.133. The number of benzene rings is 2. The van der Waals surface area contributed by atoms with Crippen molar-refractivity contribution >= 4 is 23.4 Å². The molecule has 1 saturated heterocycles. The lowest BCUT2D eigenvalue weighted by Gasteiger charge is -2.31. The second-order valence-electron chi connectivity index (χ2n) is 9.92. The van der Waals surface area contributed by atoms with Crippen LogP contribution in [0.2, 0.25) is 0 Å². The highest BCUT2D eigenvalue weighted by molar-refractivity contribution is 6.14. The van der Waals surface area contributed by atoms with Crippen molar-refractivity contribution in [1.82, 2.24) is 10.2 Å². The fourth-order valence-corrected chi connectivity index (χ4v) is 5.42. The Morgan fingerprint density at radius 1 is 0.973 bits per heavy atom. The van der Waals surface area contributed by atoms with Gasteiger partial charge >= 0.3 is 6.09 Å². The van der Waals surface area contributed by atoms with Crippen molar-refractivity contribution in [1.29, 1.82) is 0 Å². The summed E-state index contributed by atoms with van der Waals surface area (Å²) in [4.78, 5) is 35.8. The fraction of sp³-hybridized carbons (Fsp3) is 0.483. The van der Waals surface area contributed by atoms with Gasteiger partial charge in [0.2, 0.25) is 6.17 Å². The third-order valence-corrected chi connectivity index (χ3v) is 7.44. The van der Waals surface area contributed by atoms with Gasteiger partial charge in [-0.2, -0.15) is 0 Å². The number of alkyl carbamates (subject to hydrolysis) is 1. The summed E-state index contributed by atoms with van der Waals surface area (Å²) < 4.78 is 10.9. The van der Waals surface area contributed by atoms with Crippen LogP contribution in [0.3, 0.4) is 0 Å². The van der Waals surface area contributed by atoms with Gasteiger partial charge in [0, 0.05) is 37.7 Å². The lowest BCUT2D eigenvalue weighted by Crippen LogP contribution is -2.50. The van der Waals surface area contributed by atoms with E-state index in [1.165, 1.54) is 6.42 Å². The van der Waals surface area contributed by atoms with Crippen molar-refractivity contribution in [3.05, 3.63) is 65.7 Å². The molecule has 2 fully saturated rings. The van der Waals surface area contributed by atoms with Crippen molar-refractivity contribution in [2.24, 2.45) is 10.9 Å². The van der Waals surface area contributed by atoms with E-state index in [1.807, 2.05) is 48.5 Å². The van der Waals surface area contributed by atoms with E-state index >= 15 is 0 Å². The van der Waals surface area contributed by atoms with Crippen LogP contribution in [0.1, 0.15) is 43.2 Å². The number of nitrogens with one attached hydrogen (secondary N) is 1. The zero-order chi connectivity index (χ0) is 25.5. The molecule has 2 aromatic carbocycles. The van der Waals surface area contributed by atoms with E-state index in [0.29, 0.717) is 19.8 Å². The number of hydrogen-bond acceptors (Lipinski definition) is 6. The third-order valence-electron chi connectivity index (χ3n) is 7.44. The summed E-state index contributed by atoms with van der Waals surface area (Å²) in [7, 11) is 0. The molecule has 1 saturated carbocycles. The number of ether oxygens (including phenoxy) is 2. The van der Waals surface area contributed by atoms with Gasteiger partial charge in [0.05, 0.1) is 24.6 Å². The number of carbonyl (C=O) groups is 2. The Kier molecular flexibility index (Phi) is 8.48. The van der Waals surface area contributed by atoms with Crippen molar-refractivity contribution in [3.63, 3.8) is 0 Å². The number of rotatable bonds is 7. The molecule has 0 radical (unpaired) electrons. The standard InChI is InChI=1S/C29H36N4O4/c34-28-27(31-29(35)37-21-22-9-3-1-4-10-22)30-26(23-11-5-2-6-12-23)24-13-7-8-14-25(24)33(28)16-15-32-17-19-36-20-18-32/h1,3-4,7-10,13-14,23,27H,2,5-6,11-12,15-21H2,(H,31,35)/t27-/m1/s1. The Morgan fingerprint density at radius 2 is 1.70 bits per heavy atom. The van der Waals surface area contributed by atoms with E-state index in [1.54, 1.807) is 4.90 Å². The summed E-state index contributed by atoms with van der Waals surface area (Å²) in [6, 6.07) is 17.5. The molecule has 1 atom stereocenters. The number of nitrogens with zero attached hydrogens (tertiary/aromatic N) is 3. The first kappa shape index (κ1) is 25.4. The number of aliphatic imine (C=N–C) groups is 1. The van der Waals surface area contributed by atoms with Crippen LogP contribution in [0.15, 0.2) is 59.6 Å². The van der Waals surface area contributed by atoms with Crippen LogP contribution in [0.25, 0.3) is 0 Å². The molecule has 0 aromatic heterocycles. The van der Waals surface area contributed by atoms with Gasteiger partial charge in [-0.15, -0.1) is 0 Å². The molecule has 2 aliphatic heterocycles. The Morgan fingerprint density at radius 3 is 2.49 bits per heavy atom. The molecule has 0 spiro atoms. The predicted molar refractivity (Wildman–Crippen MR) is 143 cm³/mol. The normalized spacial score (nSPS) is 21.1. The number of amides is 2. The molecule has 2 heterocycles. The van der Waals surface area contributed by atoms with Crippen molar-refractivity contribution < 1.29 is 19.1 Å². The summed E-state index contributed by atoms with van der Waals surface area (Å²) in [6.07, 6.45) is 3.94. The summed E-state index contributed by atoms with van der Waals surface area (Å²) in [5.74, 6) is 0.0368. The van der Waals surface area contributed by atoms with Crippen LogP contribution in [-0.4, -0.2) is 68.2 Å². The van der Waals surface area contributed by atoms with Crippen LogP contribution in [-0.2, 0) is 20.9 Å². The molecule has 1 N–H and O–H groups in total. The van der Waals surface area contributed by atoms with E-state index in [0.717, 1.165) is 67.8 Å². The highest BCUT2D eigenvalue weighted by Gasteiger charge is 2.35. The minimum Gasteiger partial charge on any atom is -0.445 e. The van der Waals surface area contributed by atoms with Gasteiger partial charge in [0.15, 0.2) is 0 Å². The average molecular weight is 505 g/mol. The molecular weight excluding hydrogens is 468 g/mol. The lowest BCUT2D eigenvalue weighted by molar-refractivity contribution is -0.120. The Labute approximate surface area is 218 Å². The van der Waals surface area contributed by atoms with Gasteiger partial charge in [-0.25, -0.2) is 4.79 Å². The maximum absolute atomic E-state index is 13.9. The molecule has 2 amide bonds.